The smallest absolute Gasteiger partial charge is 0.147 e. The molecule has 0 saturated carbocycles. The first-order valence-corrected chi connectivity index (χ1v) is 6.65. The zero-order chi connectivity index (χ0) is 13.1. The maximum atomic E-state index is 11.9. The van der Waals surface area contributed by atoms with Crippen LogP contribution >= 0.6 is 0 Å². The fraction of sp³-hybridized carbons (Fsp3) is 0.643. The number of rotatable bonds is 3. The predicted octanol–water partition coefficient (Wildman–Crippen LogP) is 2.23. The Labute approximate surface area is 108 Å². The minimum atomic E-state index is 0.153. The first kappa shape index (κ1) is 13.0. The summed E-state index contributed by atoms with van der Waals surface area (Å²) in [6.07, 6.45) is 5.44. The minimum Gasteiger partial charge on any atom is -0.355 e. The summed E-state index contributed by atoms with van der Waals surface area (Å²) < 4.78 is 0. The van der Waals surface area contributed by atoms with Gasteiger partial charge in [-0.25, -0.2) is 4.98 Å². The van der Waals surface area contributed by atoms with Gasteiger partial charge in [0, 0.05) is 31.1 Å². The Morgan fingerprint density at radius 2 is 2.00 bits per heavy atom. The molecule has 1 aliphatic rings. The molecule has 2 heterocycles. The highest BCUT2D eigenvalue weighted by Gasteiger charge is 2.26. The SMILES string of the molecule is Cc1cncc(N2CCC(C(=O)C(C)C)CC2)n1. The fourth-order valence-electron chi connectivity index (χ4n) is 2.47. The molecule has 0 bridgehead atoms. The Morgan fingerprint density at radius 1 is 1.33 bits per heavy atom. The molecule has 1 aliphatic heterocycles. The Morgan fingerprint density at radius 3 is 2.56 bits per heavy atom. The molecule has 0 atom stereocenters. The van der Waals surface area contributed by atoms with Gasteiger partial charge in [0.15, 0.2) is 0 Å². The van der Waals surface area contributed by atoms with Crippen LogP contribution in [0.15, 0.2) is 12.4 Å². The number of aromatic nitrogens is 2. The molecule has 1 saturated heterocycles. The molecule has 1 fully saturated rings. The van der Waals surface area contributed by atoms with E-state index in [-0.39, 0.29) is 11.8 Å². The normalized spacial score (nSPS) is 17.2. The summed E-state index contributed by atoms with van der Waals surface area (Å²) in [5.74, 6) is 1.73. The maximum absolute atomic E-state index is 11.9. The molecule has 0 aromatic carbocycles. The Hall–Kier alpha value is -1.45. The Balaban J connectivity index is 1.96. The van der Waals surface area contributed by atoms with Crippen molar-refractivity contribution < 1.29 is 4.79 Å². The first-order valence-electron chi connectivity index (χ1n) is 6.65. The van der Waals surface area contributed by atoms with Crippen molar-refractivity contribution in [3.05, 3.63) is 18.1 Å². The van der Waals surface area contributed by atoms with Crippen LogP contribution in [-0.4, -0.2) is 28.8 Å². The van der Waals surface area contributed by atoms with Crippen molar-refractivity contribution >= 4 is 11.6 Å². The Kier molecular flexibility index (Phi) is 3.94. The zero-order valence-electron chi connectivity index (χ0n) is 11.4. The van der Waals surface area contributed by atoms with Crippen molar-refractivity contribution in [1.29, 1.82) is 0 Å². The molecule has 4 heteroatoms. The van der Waals surface area contributed by atoms with Gasteiger partial charge in [-0.2, -0.15) is 0 Å². The first-order chi connectivity index (χ1) is 8.58. The average molecular weight is 247 g/mol. The second-order valence-corrected chi connectivity index (χ2v) is 5.34. The van der Waals surface area contributed by atoms with Crippen LogP contribution < -0.4 is 4.90 Å². The van der Waals surface area contributed by atoms with E-state index in [0.29, 0.717) is 5.78 Å². The molecule has 0 amide bonds. The van der Waals surface area contributed by atoms with Crippen molar-refractivity contribution in [3.63, 3.8) is 0 Å². The number of nitrogens with zero attached hydrogens (tertiary/aromatic N) is 3. The number of piperidine rings is 1. The fourth-order valence-corrected chi connectivity index (χ4v) is 2.47. The van der Waals surface area contributed by atoms with Gasteiger partial charge in [0.1, 0.15) is 11.6 Å². The van der Waals surface area contributed by atoms with Crippen LogP contribution in [0.1, 0.15) is 32.4 Å². The molecule has 0 unspecified atom stereocenters. The van der Waals surface area contributed by atoms with Gasteiger partial charge in [0.25, 0.3) is 0 Å². The highest BCUT2D eigenvalue weighted by atomic mass is 16.1. The number of hydrogen-bond donors (Lipinski definition) is 0. The summed E-state index contributed by atoms with van der Waals surface area (Å²) >= 11 is 0. The summed E-state index contributed by atoms with van der Waals surface area (Å²) in [7, 11) is 0. The lowest BCUT2D eigenvalue weighted by Gasteiger charge is -2.32. The number of hydrogen-bond acceptors (Lipinski definition) is 4. The van der Waals surface area contributed by atoms with E-state index in [1.807, 2.05) is 20.8 Å². The number of carbonyl (C=O) groups excluding carboxylic acids is 1. The number of anilines is 1. The molecule has 1 aromatic heterocycles. The molecule has 0 spiro atoms. The highest BCUT2D eigenvalue weighted by Crippen LogP contribution is 2.24. The number of aryl methyl sites for hydroxylation is 1. The van der Waals surface area contributed by atoms with Crippen molar-refractivity contribution in [1.82, 2.24) is 9.97 Å². The second-order valence-electron chi connectivity index (χ2n) is 5.34. The molecule has 18 heavy (non-hydrogen) atoms. The number of ketones is 1. The lowest BCUT2D eigenvalue weighted by atomic mass is 9.87. The summed E-state index contributed by atoms with van der Waals surface area (Å²) in [5, 5.41) is 0. The summed E-state index contributed by atoms with van der Waals surface area (Å²) in [4.78, 5) is 22.8. The third kappa shape index (κ3) is 2.86. The maximum Gasteiger partial charge on any atom is 0.147 e. The van der Waals surface area contributed by atoms with E-state index in [0.717, 1.165) is 37.4 Å². The summed E-state index contributed by atoms with van der Waals surface area (Å²) in [6, 6.07) is 0. The van der Waals surface area contributed by atoms with Gasteiger partial charge >= 0.3 is 0 Å². The summed E-state index contributed by atoms with van der Waals surface area (Å²) in [5.41, 5.74) is 0.938. The topological polar surface area (TPSA) is 46.1 Å². The monoisotopic (exact) mass is 247 g/mol. The van der Waals surface area contributed by atoms with Crippen molar-refractivity contribution in [2.75, 3.05) is 18.0 Å². The van der Waals surface area contributed by atoms with Crippen LogP contribution in [-0.2, 0) is 4.79 Å². The lowest BCUT2D eigenvalue weighted by Crippen LogP contribution is -2.38. The molecule has 0 aliphatic carbocycles. The van der Waals surface area contributed by atoms with E-state index in [4.69, 9.17) is 0 Å². The van der Waals surface area contributed by atoms with E-state index in [2.05, 4.69) is 14.9 Å². The average Bonchev–Trinajstić information content (AvgIpc) is 2.38. The van der Waals surface area contributed by atoms with E-state index in [1.54, 1.807) is 12.4 Å². The predicted molar refractivity (Wildman–Crippen MR) is 71.6 cm³/mol. The molecular weight excluding hydrogens is 226 g/mol. The van der Waals surface area contributed by atoms with Crippen molar-refractivity contribution in [3.8, 4) is 0 Å². The van der Waals surface area contributed by atoms with Crippen molar-refractivity contribution in [2.24, 2.45) is 11.8 Å². The van der Waals surface area contributed by atoms with Crippen LogP contribution in [0.25, 0.3) is 0 Å². The van der Waals surface area contributed by atoms with Gasteiger partial charge in [-0.1, -0.05) is 13.8 Å². The van der Waals surface area contributed by atoms with E-state index in [1.165, 1.54) is 0 Å². The lowest BCUT2D eigenvalue weighted by molar-refractivity contribution is -0.126. The Bertz CT molecular complexity index is 423. The highest BCUT2D eigenvalue weighted by molar-refractivity contribution is 5.83. The van der Waals surface area contributed by atoms with Crippen molar-refractivity contribution in [2.45, 2.75) is 33.6 Å². The van der Waals surface area contributed by atoms with Gasteiger partial charge in [-0.3, -0.25) is 9.78 Å². The molecule has 98 valence electrons. The molecule has 0 N–H and O–H groups in total. The van der Waals surface area contributed by atoms with E-state index in [9.17, 15) is 4.79 Å². The minimum absolute atomic E-state index is 0.153. The van der Waals surface area contributed by atoms with E-state index >= 15 is 0 Å². The van der Waals surface area contributed by atoms with Gasteiger partial charge in [-0.05, 0) is 19.8 Å². The molecule has 2 rings (SSSR count). The van der Waals surface area contributed by atoms with Gasteiger partial charge < -0.3 is 4.90 Å². The second kappa shape index (κ2) is 5.46. The number of Topliss-reactive ketones (excluding diaryl/α,β-unsaturated/α-hetero) is 1. The van der Waals surface area contributed by atoms with Crippen LogP contribution in [0, 0.1) is 18.8 Å². The van der Waals surface area contributed by atoms with Crippen LogP contribution in [0.3, 0.4) is 0 Å². The number of carbonyl (C=O) groups is 1. The van der Waals surface area contributed by atoms with Crippen LogP contribution in [0.2, 0.25) is 0 Å². The third-order valence-corrected chi connectivity index (χ3v) is 3.53. The van der Waals surface area contributed by atoms with Gasteiger partial charge in [0.05, 0.1) is 11.9 Å². The molecule has 1 aromatic rings. The molecule has 0 radical (unpaired) electrons. The van der Waals surface area contributed by atoms with Gasteiger partial charge in [0.2, 0.25) is 0 Å². The van der Waals surface area contributed by atoms with Crippen LogP contribution in [0.4, 0.5) is 5.82 Å². The van der Waals surface area contributed by atoms with Crippen LogP contribution in [0.5, 0.6) is 0 Å². The third-order valence-electron chi connectivity index (χ3n) is 3.53. The summed E-state index contributed by atoms with van der Waals surface area (Å²) in [6.45, 7) is 7.73. The van der Waals surface area contributed by atoms with Gasteiger partial charge in [-0.15, -0.1) is 0 Å². The standard InChI is InChI=1S/C14H21N3O/c1-10(2)14(18)12-4-6-17(7-5-12)13-9-15-8-11(3)16-13/h8-10,12H,4-7H2,1-3H3. The molecular formula is C14H21N3O. The van der Waals surface area contributed by atoms with E-state index < -0.39 is 0 Å². The quantitative estimate of drug-likeness (QED) is 0.821. The largest absolute Gasteiger partial charge is 0.355 e. The zero-order valence-corrected chi connectivity index (χ0v) is 11.4. The molecule has 4 nitrogen and oxygen atoms in total.